The molecule has 0 spiro atoms. The first-order valence-electron chi connectivity index (χ1n) is 5.28. The molecule has 0 saturated heterocycles. The number of ether oxygens (including phenoxy) is 2. The van der Waals surface area contributed by atoms with Crippen molar-refractivity contribution in [3.8, 4) is 0 Å². The fraction of sp³-hybridized carbons (Fsp3) is 0.308. The molecule has 1 aromatic rings. The lowest BCUT2D eigenvalue weighted by Gasteiger charge is -2.10. The second-order valence-corrected chi connectivity index (χ2v) is 3.39. The Morgan fingerprint density at radius 3 is 2.35 bits per heavy atom. The van der Waals surface area contributed by atoms with Gasteiger partial charge in [-0.15, -0.1) is 0 Å². The highest BCUT2D eigenvalue weighted by Gasteiger charge is 2.14. The van der Waals surface area contributed by atoms with Crippen molar-refractivity contribution >= 4 is 11.7 Å². The Morgan fingerprint density at radius 2 is 1.88 bits per heavy atom. The maximum absolute atomic E-state index is 12.8. The van der Waals surface area contributed by atoms with E-state index in [9.17, 15) is 9.18 Å². The van der Waals surface area contributed by atoms with Crippen molar-refractivity contribution in [1.82, 2.24) is 0 Å². The first-order chi connectivity index (χ1) is 8.10. The lowest BCUT2D eigenvalue weighted by atomic mass is 10.1. The van der Waals surface area contributed by atoms with Crippen molar-refractivity contribution in [2.75, 3.05) is 13.7 Å². The van der Waals surface area contributed by atoms with E-state index in [-0.39, 0.29) is 5.82 Å². The van der Waals surface area contributed by atoms with E-state index in [2.05, 4.69) is 0 Å². The standard InChI is InChI=1S/C13H15FO3/c1-4-17-13(15)9(2)12(16-3)10-5-7-11(14)8-6-10/h5-8H,4H2,1-3H3. The highest BCUT2D eigenvalue weighted by atomic mass is 19.1. The smallest absolute Gasteiger partial charge is 0.337 e. The van der Waals surface area contributed by atoms with E-state index in [0.29, 0.717) is 23.5 Å². The number of hydrogen-bond acceptors (Lipinski definition) is 3. The van der Waals surface area contributed by atoms with Crippen LogP contribution in [0.1, 0.15) is 19.4 Å². The van der Waals surface area contributed by atoms with E-state index < -0.39 is 5.97 Å². The summed E-state index contributed by atoms with van der Waals surface area (Å²) in [6, 6.07) is 5.73. The van der Waals surface area contributed by atoms with Gasteiger partial charge in [0.25, 0.3) is 0 Å². The minimum absolute atomic E-state index is 0.302. The number of rotatable bonds is 4. The molecule has 0 radical (unpaired) electrons. The number of carbonyl (C=O) groups excluding carboxylic acids is 1. The molecule has 17 heavy (non-hydrogen) atoms. The molecule has 0 saturated carbocycles. The van der Waals surface area contributed by atoms with Gasteiger partial charge in [0.15, 0.2) is 0 Å². The average Bonchev–Trinajstić information content (AvgIpc) is 2.32. The number of benzene rings is 1. The quantitative estimate of drug-likeness (QED) is 0.459. The van der Waals surface area contributed by atoms with Gasteiger partial charge in [-0.1, -0.05) is 0 Å². The third-order valence-electron chi connectivity index (χ3n) is 2.23. The Labute approximate surface area is 99.9 Å². The SMILES string of the molecule is CCOC(=O)C(C)=C(OC)c1ccc(F)cc1. The molecular weight excluding hydrogens is 223 g/mol. The number of hydrogen-bond donors (Lipinski definition) is 0. The lowest BCUT2D eigenvalue weighted by molar-refractivity contribution is -0.138. The van der Waals surface area contributed by atoms with E-state index in [0.717, 1.165) is 0 Å². The Balaban J connectivity index is 3.09. The first kappa shape index (κ1) is 13.2. The van der Waals surface area contributed by atoms with Crippen LogP contribution in [0.3, 0.4) is 0 Å². The highest BCUT2D eigenvalue weighted by Crippen LogP contribution is 2.20. The molecule has 4 heteroatoms. The van der Waals surface area contributed by atoms with Crippen molar-refractivity contribution in [3.05, 3.63) is 41.2 Å². The molecule has 92 valence electrons. The molecule has 0 aliphatic heterocycles. The van der Waals surface area contributed by atoms with Crippen molar-refractivity contribution in [1.29, 1.82) is 0 Å². The van der Waals surface area contributed by atoms with Crippen LogP contribution in [0.5, 0.6) is 0 Å². The Morgan fingerprint density at radius 1 is 1.29 bits per heavy atom. The number of carbonyl (C=O) groups is 1. The molecule has 1 rings (SSSR count). The number of esters is 1. The zero-order valence-corrected chi connectivity index (χ0v) is 10.1. The molecule has 0 N–H and O–H groups in total. The van der Waals surface area contributed by atoms with Gasteiger partial charge in [-0.3, -0.25) is 0 Å². The van der Waals surface area contributed by atoms with E-state index in [4.69, 9.17) is 9.47 Å². The van der Waals surface area contributed by atoms with Gasteiger partial charge in [-0.2, -0.15) is 0 Å². The van der Waals surface area contributed by atoms with Crippen LogP contribution >= 0.6 is 0 Å². The normalized spacial score (nSPS) is 11.8. The number of methoxy groups -OCH3 is 1. The van der Waals surface area contributed by atoms with Crippen molar-refractivity contribution in [2.45, 2.75) is 13.8 Å². The van der Waals surface area contributed by atoms with Gasteiger partial charge in [0.05, 0.1) is 19.3 Å². The van der Waals surface area contributed by atoms with Crippen molar-refractivity contribution in [2.24, 2.45) is 0 Å². The molecule has 1 aromatic carbocycles. The first-order valence-corrected chi connectivity index (χ1v) is 5.28. The van der Waals surface area contributed by atoms with Crippen LogP contribution in [-0.2, 0) is 14.3 Å². The van der Waals surface area contributed by atoms with Gasteiger partial charge in [-0.05, 0) is 38.1 Å². The van der Waals surface area contributed by atoms with E-state index in [1.807, 2.05) is 0 Å². The second kappa shape index (κ2) is 6.03. The van der Waals surface area contributed by atoms with Crippen LogP contribution in [0.4, 0.5) is 4.39 Å². The van der Waals surface area contributed by atoms with Gasteiger partial charge >= 0.3 is 5.97 Å². The van der Waals surface area contributed by atoms with E-state index in [1.165, 1.54) is 19.2 Å². The van der Waals surface area contributed by atoms with Gasteiger partial charge in [-0.25, -0.2) is 9.18 Å². The summed E-state index contributed by atoms with van der Waals surface area (Å²) in [5.41, 5.74) is 1.00. The zero-order valence-electron chi connectivity index (χ0n) is 10.1. The van der Waals surface area contributed by atoms with Gasteiger partial charge in [0.1, 0.15) is 11.6 Å². The maximum atomic E-state index is 12.8. The van der Waals surface area contributed by atoms with E-state index >= 15 is 0 Å². The van der Waals surface area contributed by atoms with Crippen molar-refractivity contribution < 1.29 is 18.7 Å². The zero-order chi connectivity index (χ0) is 12.8. The molecule has 0 unspecified atom stereocenters. The van der Waals surface area contributed by atoms with Crippen LogP contribution in [0.2, 0.25) is 0 Å². The second-order valence-electron chi connectivity index (χ2n) is 3.39. The summed E-state index contributed by atoms with van der Waals surface area (Å²) in [5.74, 6) is -0.380. The summed E-state index contributed by atoms with van der Waals surface area (Å²) in [4.78, 5) is 11.5. The molecule has 0 aliphatic rings. The predicted molar refractivity (Wildman–Crippen MR) is 62.6 cm³/mol. The van der Waals surface area contributed by atoms with Gasteiger partial charge in [0, 0.05) is 5.56 Å². The monoisotopic (exact) mass is 238 g/mol. The summed E-state index contributed by atoms with van der Waals surface area (Å²) in [7, 11) is 1.46. The molecule has 0 amide bonds. The van der Waals surface area contributed by atoms with Crippen LogP contribution in [0.15, 0.2) is 29.8 Å². The fourth-order valence-corrected chi connectivity index (χ4v) is 1.42. The molecule has 0 atom stereocenters. The number of halogens is 1. The van der Waals surface area contributed by atoms with Crippen LogP contribution in [0.25, 0.3) is 5.76 Å². The molecule has 0 fully saturated rings. The average molecular weight is 238 g/mol. The third-order valence-corrected chi connectivity index (χ3v) is 2.23. The van der Waals surface area contributed by atoms with Crippen LogP contribution < -0.4 is 0 Å². The lowest BCUT2D eigenvalue weighted by Crippen LogP contribution is -2.08. The summed E-state index contributed by atoms with van der Waals surface area (Å²) in [6.45, 7) is 3.65. The summed E-state index contributed by atoms with van der Waals surface area (Å²) in [5, 5.41) is 0. The third kappa shape index (κ3) is 3.31. The summed E-state index contributed by atoms with van der Waals surface area (Å²) >= 11 is 0. The predicted octanol–water partition coefficient (Wildman–Crippen LogP) is 2.77. The largest absolute Gasteiger partial charge is 0.496 e. The van der Waals surface area contributed by atoms with Crippen molar-refractivity contribution in [3.63, 3.8) is 0 Å². The Bertz CT molecular complexity index is 421. The Hall–Kier alpha value is -1.84. The molecule has 0 bridgehead atoms. The maximum Gasteiger partial charge on any atom is 0.337 e. The summed E-state index contributed by atoms with van der Waals surface area (Å²) < 4.78 is 22.8. The molecular formula is C13H15FO3. The minimum atomic E-state index is -0.436. The molecule has 0 aliphatic carbocycles. The molecule has 0 heterocycles. The Kier molecular flexibility index (Phi) is 4.69. The minimum Gasteiger partial charge on any atom is -0.496 e. The topological polar surface area (TPSA) is 35.5 Å². The fourth-order valence-electron chi connectivity index (χ4n) is 1.42. The summed E-state index contributed by atoms with van der Waals surface area (Å²) in [6.07, 6.45) is 0. The van der Waals surface area contributed by atoms with Gasteiger partial charge in [0.2, 0.25) is 0 Å². The highest BCUT2D eigenvalue weighted by molar-refractivity contribution is 5.95. The molecule has 0 aromatic heterocycles. The van der Waals surface area contributed by atoms with Crippen LogP contribution in [0, 0.1) is 5.82 Å². The van der Waals surface area contributed by atoms with E-state index in [1.54, 1.807) is 26.0 Å². The molecule has 3 nitrogen and oxygen atoms in total. The van der Waals surface area contributed by atoms with Crippen LogP contribution in [-0.4, -0.2) is 19.7 Å². The van der Waals surface area contributed by atoms with Gasteiger partial charge < -0.3 is 9.47 Å².